The smallest absolute Gasteiger partial charge is 0.257 e. The second-order valence-electron chi connectivity index (χ2n) is 13.0. The number of hydrogen-bond acceptors (Lipinski definition) is 8. The SMILES string of the molecule is C[Si](C)(C)CCOCn1nc(N2CCC[C@@H]2c2cc(F)ccc2F)c2cc(NC(=O)c3ccc(N4CC[C@H](O)C4)nc3)cnc21. The van der Waals surface area contributed by atoms with E-state index in [1.54, 1.807) is 23.0 Å². The molecule has 1 aromatic carbocycles. The molecule has 238 valence electrons. The van der Waals surface area contributed by atoms with E-state index >= 15 is 0 Å². The van der Waals surface area contributed by atoms with Gasteiger partial charge in [-0.25, -0.2) is 23.4 Å². The Morgan fingerprint density at radius 3 is 2.67 bits per heavy atom. The summed E-state index contributed by atoms with van der Waals surface area (Å²) < 4.78 is 36.8. The van der Waals surface area contributed by atoms with Crippen molar-refractivity contribution in [2.75, 3.05) is 41.4 Å². The number of nitrogens with one attached hydrogen (secondary N) is 1. The normalized spacial score (nSPS) is 18.7. The number of ether oxygens (including phenoxy) is 1. The second kappa shape index (κ2) is 12.8. The summed E-state index contributed by atoms with van der Waals surface area (Å²) in [6, 6.07) is 9.44. The van der Waals surface area contributed by atoms with Gasteiger partial charge in [0.25, 0.3) is 5.91 Å². The Labute approximate surface area is 262 Å². The quantitative estimate of drug-likeness (QED) is 0.172. The third-order valence-electron chi connectivity index (χ3n) is 8.37. The fraction of sp³-hybridized carbons (Fsp3) is 0.438. The lowest BCUT2D eigenvalue weighted by Gasteiger charge is -2.25. The maximum atomic E-state index is 14.9. The van der Waals surface area contributed by atoms with Gasteiger partial charge in [-0.1, -0.05) is 19.6 Å². The molecular formula is C32H39F2N7O3Si. The van der Waals surface area contributed by atoms with Gasteiger partial charge in [0.1, 0.15) is 24.2 Å². The molecule has 0 bridgehead atoms. The highest BCUT2D eigenvalue weighted by Gasteiger charge is 2.32. The number of aliphatic hydroxyl groups is 1. The first-order valence-corrected chi connectivity index (χ1v) is 19.1. The maximum absolute atomic E-state index is 14.9. The Kier molecular flexibility index (Phi) is 8.84. The highest BCUT2D eigenvalue weighted by Crippen LogP contribution is 2.40. The molecule has 0 radical (unpaired) electrons. The molecule has 2 aliphatic heterocycles. The van der Waals surface area contributed by atoms with E-state index in [1.165, 1.54) is 12.3 Å². The van der Waals surface area contributed by atoms with E-state index in [2.05, 4.69) is 34.9 Å². The lowest BCUT2D eigenvalue weighted by Crippen LogP contribution is -2.24. The van der Waals surface area contributed by atoms with Gasteiger partial charge in [-0.2, -0.15) is 5.10 Å². The third-order valence-corrected chi connectivity index (χ3v) is 10.1. The first-order chi connectivity index (χ1) is 21.6. The Morgan fingerprint density at radius 2 is 1.93 bits per heavy atom. The highest BCUT2D eigenvalue weighted by atomic mass is 28.3. The minimum atomic E-state index is -1.29. The summed E-state index contributed by atoms with van der Waals surface area (Å²) >= 11 is 0. The molecule has 3 aromatic heterocycles. The van der Waals surface area contributed by atoms with Crippen LogP contribution in [0.2, 0.25) is 25.7 Å². The van der Waals surface area contributed by atoms with Gasteiger partial charge in [-0.3, -0.25) is 4.79 Å². The van der Waals surface area contributed by atoms with Gasteiger partial charge in [0, 0.05) is 46.1 Å². The van der Waals surface area contributed by atoms with E-state index in [0.29, 0.717) is 78.6 Å². The summed E-state index contributed by atoms with van der Waals surface area (Å²) in [4.78, 5) is 26.2. The van der Waals surface area contributed by atoms with Crippen LogP contribution in [-0.4, -0.2) is 71.2 Å². The van der Waals surface area contributed by atoms with Crippen LogP contribution < -0.4 is 15.1 Å². The number of nitrogens with zero attached hydrogens (tertiary/aromatic N) is 6. The molecule has 2 atom stereocenters. The topological polar surface area (TPSA) is 109 Å². The number of aromatic nitrogens is 4. The van der Waals surface area contributed by atoms with Crippen LogP contribution in [0.5, 0.6) is 0 Å². The average molecular weight is 636 g/mol. The first kappa shape index (κ1) is 31.1. The predicted molar refractivity (Wildman–Crippen MR) is 172 cm³/mol. The average Bonchev–Trinajstić information content (AvgIpc) is 3.75. The Bertz CT molecular complexity index is 1680. The molecule has 2 fully saturated rings. The number of pyridine rings is 2. The summed E-state index contributed by atoms with van der Waals surface area (Å²) in [5.74, 6) is -0.00581. The Hall–Kier alpha value is -3.94. The minimum absolute atomic E-state index is 0.193. The molecule has 13 heteroatoms. The molecule has 0 aliphatic carbocycles. The van der Waals surface area contributed by atoms with Crippen LogP contribution in [-0.2, 0) is 11.5 Å². The van der Waals surface area contributed by atoms with E-state index in [0.717, 1.165) is 24.6 Å². The van der Waals surface area contributed by atoms with Crippen molar-refractivity contribution in [2.24, 2.45) is 0 Å². The Morgan fingerprint density at radius 1 is 1.09 bits per heavy atom. The van der Waals surface area contributed by atoms with Crippen molar-refractivity contribution in [2.45, 2.75) is 63.8 Å². The maximum Gasteiger partial charge on any atom is 0.257 e. The number of fused-ring (bicyclic) bond motifs is 1. The van der Waals surface area contributed by atoms with Crippen LogP contribution in [0.3, 0.4) is 0 Å². The van der Waals surface area contributed by atoms with Crippen molar-refractivity contribution < 1.29 is 23.4 Å². The van der Waals surface area contributed by atoms with Gasteiger partial charge in [-0.15, -0.1) is 0 Å². The summed E-state index contributed by atoms with van der Waals surface area (Å²) in [7, 11) is -1.29. The summed E-state index contributed by atoms with van der Waals surface area (Å²) in [6.45, 7) is 9.51. The van der Waals surface area contributed by atoms with Crippen LogP contribution in [0, 0.1) is 11.6 Å². The van der Waals surface area contributed by atoms with Crippen molar-refractivity contribution in [3.05, 3.63) is 71.6 Å². The lowest BCUT2D eigenvalue weighted by molar-refractivity contribution is 0.0814. The summed E-state index contributed by atoms with van der Waals surface area (Å²) in [5, 5.41) is 18.3. The number of hydrogen-bond donors (Lipinski definition) is 2. The van der Waals surface area contributed by atoms with Crippen LogP contribution in [0.25, 0.3) is 11.0 Å². The molecule has 6 rings (SSSR count). The number of carbonyl (C=O) groups excluding carboxylic acids is 1. The van der Waals surface area contributed by atoms with E-state index in [-0.39, 0.29) is 18.7 Å². The number of β-amino-alcohol motifs (C(OH)–C–C–N with tert-alkyl or cyclic N) is 1. The molecule has 2 aliphatic rings. The molecule has 2 saturated heterocycles. The number of benzene rings is 1. The van der Waals surface area contributed by atoms with Crippen LogP contribution in [0.4, 0.5) is 26.1 Å². The minimum Gasteiger partial charge on any atom is -0.391 e. The lowest BCUT2D eigenvalue weighted by atomic mass is 10.0. The highest BCUT2D eigenvalue weighted by molar-refractivity contribution is 6.76. The molecule has 5 heterocycles. The second-order valence-corrected chi connectivity index (χ2v) is 18.7. The van der Waals surface area contributed by atoms with Gasteiger partial charge < -0.3 is 25.0 Å². The molecule has 2 N–H and O–H groups in total. The monoisotopic (exact) mass is 635 g/mol. The zero-order valence-electron chi connectivity index (χ0n) is 25.8. The number of aliphatic hydroxyl groups excluding tert-OH is 1. The molecule has 0 saturated carbocycles. The van der Waals surface area contributed by atoms with Crippen molar-refractivity contribution >= 4 is 42.3 Å². The van der Waals surface area contributed by atoms with Gasteiger partial charge in [0.15, 0.2) is 11.5 Å². The molecule has 4 aromatic rings. The van der Waals surface area contributed by atoms with Crippen molar-refractivity contribution in [3.63, 3.8) is 0 Å². The molecule has 10 nitrogen and oxygen atoms in total. The summed E-state index contributed by atoms with van der Waals surface area (Å²) in [5.41, 5.74) is 1.71. The fourth-order valence-corrected chi connectivity index (χ4v) is 6.67. The third kappa shape index (κ3) is 7.00. The molecule has 45 heavy (non-hydrogen) atoms. The van der Waals surface area contributed by atoms with Crippen molar-refractivity contribution in [3.8, 4) is 0 Å². The van der Waals surface area contributed by atoms with E-state index < -0.39 is 25.8 Å². The largest absolute Gasteiger partial charge is 0.391 e. The van der Waals surface area contributed by atoms with Crippen molar-refractivity contribution in [1.29, 1.82) is 0 Å². The first-order valence-electron chi connectivity index (χ1n) is 15.4. The van der Waals surface area contributed by atoms with Crippen molar-refractivity contribution in [1.82, 2.24) is 19.7 Å². The molecule has 0 spiro atoms. The van der Waals surface area contributed by atoms with Gasteiger partial charge in [0.2, 0.25) is 0 Å². The van der Waals surface area contributed by atoms with Crippen LogP contribution in [0.15, 0.2) is 48.8 Å². The number of amides is 1. The molecule has 0 unspecified atom stereocenters. The fourth-order valence-electron chi connectivity index (χ4n) is 5.92. The van der Waals surface area contributed by atoms with Gasteiger partial charge >= 0.3 is 0 Å². The molecular weight excluding hydrogens is 596 g/mol. The zero-order chi connectivity index (χ0) is 31.7. The standard InChI is InChI=1S/C32H39F2N7O3Si/c1-45(2,3)14-13-44-20-41-30-26(31(38-41)40-11-4-5-28(40)25-15-22(33)7-8-27(25)34)16-23(18-36-30)37-32(43)21-6-9-29(35-17-21)39-12-10-24(42)19-39/h6-9,15-18,24,28,42H,4-5,10-14,19-20H2,1-3H3,(H,37,43)/t24-,28+/m0/s1. The number of rotatable bonds is 10. The summed E-state index contributed by atoms with van der Waals surface area (Å²) in [6.07, 6.45) is 4.84. The predicted octanol–water partition coefficient (Wildman–Crippen LogP) is 5.58. The zero-order valence-corrected chi connectivity index (χ0v) is 26.8. The van der Waals surface area contributed by atoms with E-state index in [1.807, 2.05) is 15.9 Å². The van der Waals surface area contributed by atoms with E-state index in [4.69, 9.17) is 9.84 Å². The van der Waals surface area contributed by atoms with Crippen LogP contribution >= 0.6 is 0 Å². The van der Waals surface area contributed by atoms with Crippen LogP contribution in [0.1, 0.15) is 41.2 Å². The molecule has 1 amide bonds. The number of halogens is 2. The van der Waals surface area contributed by atoms with Gasteiger partial charge in [-0.05, 0) is 61.7 Å². The number of anilines is 3. The Balaban J connectivity index is 1.28. The van der Waals surface area contributed by atoms with Gasteiger partial charge in [0.05, 0.1) is 35.0 Å². The number of carbonyl (C=O) groups is 1. The van der Waals surface area contributed by atoms with E-state index in [9.17, 15) is 18.7 Å².